The van der Waals surface area contributed by atoms with E-state index in [1.165, 1.54) is 24.3 Å². The zero-order valence-electron chi connectivity index (χ0n) is 16.5. The maximum absolute atomic E-state index is 12.2. The minimum atomic E-state index is -4.06. The van der Waals surface area contributed by atoms with Crippen LogP contribution in [-0.2, 0) is 28.8 Å². The van der Waals surface area contributed by atoms with E-state index in [-0.39, 0.29) is 16.2 Å². The molecule has 0 saturated heterocycles. The van der Waals surface area contributed by atoms with Gasteiger partial charge in [-0.1, -0.05) is 59.9 Å². The van der Waals surface area contributed by atoms with Gasteiger partial charge in [-0.3, -0.25) is 8.57 Å². The molecule has 1 aliphatic carbocycles. The molecular formula is C21H20N2O6S2. The van der Waals surface area contributed by atoms with Gasteiger partial charge in [-0.15, -0.1) is 0 Å². The van der Waals surface area contributed by atoms with E-state index in [4.69, 9.17) is 8.57 Å². The minimum absolute atomic E-state index is 0.0359. The Morgan fingerprint density at radius 2 is 1.03 bits per heavy atom. The molecule has 3 rings (SSSR count). The van der Waals surface area contributed by atoms with Gasteiger partial charge in [0.15, 0.2) is 0 Å². The smallest absolute Gasteiger partial charge is 0.265 e. The number of hydrogen-bond acceptors (Lipinski definition) is 8. The van der Waals surface area contributed by atoms with Crippen LogP contribution in [0.1, 0.15) is 30.4 Å². The van der Waals surface area contributed by atoms with Crippen LogP contribution in [0.25, 0.3) is 12.2 Å². The molecule has 0 amide bonds. The Morgan fingerprint density at radius 3 is 1.35 bits per heavy atom. The van der Waals surface area contributed by atoms with Crippen LogP contribution in [0.4, 0.5) is 0 Å². The predicted octanol–water partition coefficient (Wildman–Crippen LogP) is 3.98. The number of oxime groups is 2. The molecule has 0 heterocycles. The molecule has 1 fully saturated rings. The van der Waals surface area contributed by atoms with Crippen molar-refractivity contribution in [2.24, 2.45) is 10.3 Å². The highest BCUT2D eigenvalue weighted by molar-refractivity contribution is 7.87. The van der Waals surface area contributed by atoms with Gasteiger partial charge in [0.25, 0.3) is 0 Å². The number of rotatable bonds is 8. The normalized spacial score (nSPS) is 16.9. The highest BCUT2D eigenvalue weighted by Gasteiger charge is 2.22. The minimum Gasteiger partial charge on any atom is -0.265 e. The summed E-state index contributed by atoms with van der Waals surface area (Å²) in [6, 6.07) is 12.0. The monoisotopic (exact) mass is 460 g/mol. The molecule has 0 spiro atoms. The van der Waals surface area contributed by atoms with Crippen molar-refractivity contribution in [3.63, 3.8) is 0 Å². The van der Waals surface area contributed by atoms with Crippen molar-refractivity contribution in [3.05, 3.63) is 72.8 Å². The van der Waals surface area contributed by atoms with Crippen LogP contribution in [0, 0.1) is 0 Å². The van der Waals surface area contributed by atoms with Crippen LogP contribution < -0.4 is 0 Å². The molecule has 0 aromatic heterocycles. The molecule has 10 heteroatoms. The van der Waals surface area contributed by atoms with E-state index in [9.17, 15) is 16.8 Å². The largest absolute Gasteiger partial charge is 0.358 e. The Bertz CT molecular complexity index is 1140. The highest BCUT2D eigenvalue weighted by atomic mass is 32.2. The maximum Gasteiger partial charge on any atom is 0.358 e. The van der Waals surface area contributed by atoms with E-state index in [0.717, 1.165) is 11.1 Å². The summed E-state index contributed by atoms with van der Waals surface area (Å²) in [5.41, 5.74) is 2.38. The average Bonchev–Trinajstić information content (AvgIpc) is 3.25. The summed E-state index contributed by atoms with van der Waals surface area (Å²) in [6.45, 7) is 7.22. The van der Waals surface area contributed by atoms with E-state index < -0.39 is 20.2 Å². The Balaban J connectivity index is 1.63. The van der Waals surface area contributed by atoms with Crippen LogP contribution in [0.2, 0.25) is 0 Å². The van der Waals surface area contributed by atoms with Gasteiger partial charge < -0.3 is 0 Å². The maximum atomic E-state index is 12.2. The number of hydrogen-bond donors (Lipinski definition) is 0. The second-order valence-electron chi connectivity index (χ2n) is 6.60. The van der Waals surface area contributed by atoms with E-state index in [1.807, 2.05) is 0 Å². The van der Waals surface area contributed by atoms with Crippen LogP contribution in [0.5, 0.6) is 0 Å². The molecule has 2 aromatic rings. The standard InChI is InChI=1S/C21H20N2O6S2/c1-3-16-5-11-20(12-6-16)30(24,25)28-22-18-9-10-19(15-18)23-29-31(26,27)21-13-7-17(4-2)8-14-21/h3-8,11-14H,1-2,9-10,15H2. The van der Waals surface area contributed by atoms with Crippen LogP contribution in [-0.4, -0.2) is 28.3 Å². The molecule has 31 heavy (non-hydrogen) atoms. The fourth-order valence-electron chi connectivity index (χ4n) is 2.69. The summed E-state index contributed by atoms with van der Waals surface area (Å²) in [6.07, 6.45) is 4.09. The van der Waals surface area contributed by atoms with E-state index >= 15 is 0 Å². The molecule has 0 aliphatic heterocycles. The third-order valence-electron chi connectivity index (χ3n) is 4.45. The second-order valence-corrected chi connectivity index (χ2v) is 9.65. The molecular weight excluding hydrogens is 440 g/mol. The van der Waals surface area contributed by atoms with Crippen molar-refractivity contribution >= 4 is 43.8 Å². The molecule has 0 atom stereocenters. The van der Waals surface area contributed by atoms with E-state index in [2.05, 4.69) is 23.5 Å². The highest BCUT2D eigenvalue weighted by Crippen LogP contribution is 2.20. The molecule has 0 N–H and O–H groups in total. The molecule has 8 nitrogen and oxygen atoms in total. The SMILES string of the molecule is C=Cc1ccc(S(=O)(=O)ON=C2CCC(=NOS(=O)(=O)c3ccc(C=C)cc3)C2)cc1. The lowest BCUT2D eigenvalue weighted by atomic mass is 10.2. The Morgan fingerprint density at radius 1 is 0.677 bits per heavy atom. The summed E-state index contributed by atoms with van der Waals surface area (Å²) in [5, 5.41) is 7.40. The van der Waals surface area contributed by atoms with E-state index in [0.29, 0.717) is 24.3 Å². The fraction of sp³-hybridized carbons (Fsp3) is 0.143. The summed E-state index contributed by atoms with van der Waals surface area (Å²) >= 11 is 0. The van der Waals surface area contributed by atoms with Gasteiger partial charge >= 0.3 is 20.2 Å². The summed E-state index contributed by atoms with van der Waals surface area (Å²) in [7, 11) is -8.13. The number of benzene rings is 2. The molecule has 1 saturated carbocycles. The van der Waals surface area contributed by atoms with Gasteiger partial charge in [0, 0.05) is 6.42 Å². The van der Waals surface area contributed by atoms with Crippen LogP contribution >= 0.6 is 0 Å². The molecule has 1 aliphatic rings. The van der Waals surface area contributed by atoms with Gasteiger partial charge in [0.1, 0.15) is 9.79 Å². The third kappa shape index (κ3) is 5.68. The lowest BCUT2D eigenvalue weighted by Gasteiger charge is -2.03. The van der Waals surface area contributed by atoms with Crippen molar-refractivity contribution in [3.8, 4) is 0 Å². The van der Waals surface area contributed by atoms with Crippen LogP contribution in [0.15, 0.2) is 81.8 Å². The van der Waals surface area contributed by atoms with Crippen molar-refractivity contribution < 1.29 is 25.4 Å². The number of nitrogens with zero attached hydrogens (tertiary/aromatic N) is 2. The molecule has 0 bridgehead atoms. The van der Waals surface area contributed by atoms with Crippen molar-refractivity contribution in [1.82, 2.24) is 0 Å². The van der Waals surface area contributed by atoms with Gasteiger partial charge in [-0.25, -0.2) is 0 Å². The molecule has 162 valence electrons. The fourth-order valence-corrected chi connectivity index (χ4v) is 4.21. The zero-order valence-corrected chi connectivity index (χ0v) is 18.1. The summed E-state index contributed by atoms with van der Waals surface area (Å²) < 4.78 is 58.5. The first-order valence-corrected chi connectivity index (χ1v) is 12.0. The molecule has 2 aromatic carbocycles. The second kappa shape index (κ2) is 9.27. The van der Waals surface area contributed by atoms with Gasteiger partial charge in [0.05, 0.1) is 11.4 Å². The van der Waals surface area contributed by atoms with Gasteiger partial charge in [0.2, 0.25) is 0 Å². The lowest BCUT2D eigenvalue weighted by Crippen LogP contribution is -2.06. The quantitative estimate of drug-likeness (QED) is 0.551. The zero-order chi connectivity index (χ0) is 22.5. The third-order valence-corrected chi connectivity index (χ3v) is 6.69. The Hall–Kier alpha value is -3.24. The van der Waals surface area contributed by atoms with E-state index in [1.54, 1.807) is 36.4 Å². The Kier molecular flexibility index (Phi) is 6.71. The van der Waals surface area contributed by atoms with Gasteiger partial charge in [-0.2, -0.15) is 16.8 Å². The lowest BCUT2D eigenvalue weighted by molar-refractivity contribution is 0.337. The van der Waals surface area contributed by atoms with Gasteiger partial charge in [-0.05, 0) is 48.2 Å². The first-order chi connectivity index (χ1) is 14.7. The first-order valence-electron chi connectivity index (χ1n) is 9.17. The Labute approximate surface area is 181 Å². The molecule has 0 unspecified atom stereocenters. The van der Waals surface area contributed by atoms with Crippen molar-refractivity contribution in [2.45, 2.75) is 29.1 Å². The van der Waals surface area contributed by atoms with Crippen LogP contribution in [0.3, 0.4) is 0 Å². The topological polar surface area (TPSA) is 111 Å². The first kappa shape index (κ1) is 22.4. The predicted molar refractivity (Wildman–Crippen MR) is 118 cm³/mol. The summed E-state index contributed by atoms with van der Waals surface area (Å²) in [5.74, 6) is 0. The summed E-state index contributed by atoms with van der Waals surface area (Å²) in [4.78, 5) is -0.0718. The van der Waals surface area contributed by atoms with Crippen molar-refractivity contribution in [2.75, 3.05) is 0 Å². The molecule has 0 radical (unpaired) electrons. The van der Waals surface area contributed by atoms with Crippen molar-refractivity contribution in [1.29, 1.82) is 0 Å². The average molecular weight is 461 g/mol.